The topological polar surface area (TPSA) is 46.2 Å². The molecule has 0 fully saturated rings. The maximum absolute atomic E-state index is 11.5. The molecule has 0 aliphatic heterocycles. The second-order valence-electron chi connectivity index (χ2n) is 5.44. The molecular weight excluding hydrogens is 258 g/mol. The summed E-state index contributed by atoms with van der Waals surface area (Å²) in [6, 6.07) is 6.40. The van der Waals surface area contributed by atoms with Gasteiger partial charge >= 0.3 is 0 Å². The predicted molar refractivity (Wildman–Crippen MR) is 81.4 cm³/mol. The maximum Gasteiger partial charge on any atom is 0.148 e. The minimum absolute atomic E-state index is 0.00356. The molecule has 0 aliphatic carbocycles. The first kappa shape index (κ1) is 16.2. The van der Waals surface area contributed by atoms with Crippen molar-refractivity contribution in [3.63, 3.8) is 0 Å². The zero-order chi connectivity index (χ0) is 14.5. The first-order valence-corrected chi connectivity index (χ1v) is 8.84. The molecule has 108 valence electrons. The van der Waals surface area contributed by atoms with Crippen molar-refractivity contribution in [2.75, 3.05) is 18.6 Å². The summed E-state index contributed by atoms with van der Waals surface area (Å²) in [4.78, 5) is 0. The Morgan fingerprint density at radius 1 is 1.16 bits per heavy atom. The highest BCUT2D eigenvalue weighted by molar-refractivity contribution is 7.90. The van der Waals surface area contributed by atoms with Crippen molar-refractivity contribution in [1.29, 1.82) is 0 Å². The zero-order valence-corrected chi connectivity index (χ0v) is 13.2. The quantitative estimate of drug-likeness (QED) is 0.835. The lowest BCUT2D eigenvalue weighted by atomic mass is 10.0. The van der Waals surface area contributed by atoms with Crippen LogP contribution in [0, 0.1) is 13.8 Å². The molecule has 0 heterocycles. The molecule has 4 heteroatoms. The SMILES string of the molecule is CCCNC(Cc1cc(C)cc(C)c1)CS(C)(=O)=O. The first-order chi connectivity index (χ1) is 8.80. The number of benzene rings is 1. The first-order valence-electron chi connectivity index (χ1n) is 6.78. The molecule has 1 rings (SSSR count). The molecule has 1 atom stereocenters. The molecule has 0 aliphatic rings. The summed E-state index contributed by atoms with van der Waals surface area (Å²) in [6.07, 6.45) is 3.07. The normalized spacial score (nSPS) is 13.5. The Morgan fingerprint density at radius 2 is 1.74 bits per heavy atom. The molecule has 0 radical (unpaired) electrons. The molecule has 0 saturated heterocycles. The fourth-order valence-electron chi connectivity index (χ4n) is 2.38. The van der Waals surface area contributed by atoms with Crippen molar-refractivity contribution >= 4 is 9.84 Å². The summed E-state index contributed by atoms with van der Waals surface area (Å²) in [5.74, 6) is 0.194. The predicted octanol–water partition coefficient (Wildman–Crippen LogP) is 2.26. The molecule has 0 bridgehead atoms. The number of rotatable bonds is 7. The third-order valence-corrected chi connectivity index (χ3v) is 3.96. The summed E-state index contributed by atoms with van der Waals surface area (Å²) >= 11 is 0. The number of sulfone groups is 1. The van der Waals surface area contributed by atoms with Gasteiger partial charge < -0.3 is 5.32 Å². The van der Waals surface area contributed by atoms with Crippen molar-refractivity contribution in [3.8, 4) is 0 Å². The molecule has 1 aromatic carbocycles. The summed E-state index contributed by atoms with van der Waals surface area (Å²) in [5, 5.41) is 3.33. The Balaban J connectivity index is 2.80. The molecule has 0 saturated carbocycles. The molecular formula is C15H25NO2S. The van der Waals surface area contributed by atoms with E-state index in [2.05, 4.69) is 44.3 Å². The van der Waals surface area contributed by atoms with Crippen molar-refractivity contribution in [1.82, 2.24) is 5.32 Å². The van der Waals surface area contributed by atoms with Crippen LogP contribution >= 0.6 is 0 Å². The van der Waals surface area contributed by atoms with Crippen molar-refractivity contribution in [2.45, 2.75) is 39.7 Å². The fraction of sp³-hybridized carbons (Fsp3) is 0.600. The molecule has 3 nitrogen and oxygen atoms in total. The van der Waals surface area contributed by atoms with E-state index in [0.717, 1.165) is 19.4 Å². The Hall–Kier alpha value is -0.870. The minimum atomic E-state index is -2.96. The Bertz CT molecular complexity index is 489. The van der Waals surface area contributed by atoms with Crippen molar-refractivity contribution in [2.24, 2.45) is 0 Å². The van der Waals surface area contributed by atoms with Crippen LogP contribution in [0.2, 0.25) is 0 Å². The summed E-state index contributed by atoms with van der Waals surface area (Å²) in [7, 11) is -2.96. The average Bonchev–Trinajstić information content (AvgIpc) is 2.22. The lowest BCUT2D eigenvalue weighted by Crippen LogP contribution is -2.37. The Kier molecular flexibility index (Phi) is 6.01. The number of aryl methyl sites for hydroxylation is 2. The van der Waals surface area contributed by atoms with Crippen LogP contribution < -0.4 is 5.32 Å². The van der Waals surface area contributed by atoms with Crippen molar-refractivity contribution < 1.29 is 8.42 Å². The van der Waals surface area contributed by atoms with Crippen LogP contribution in [0.3, 0.4) is 0 Å². The van der Waals surface area contributed by atoms with Gasteiger partial charge in [0.05, 0.1) is 5.75 Å². The van der Waals surface area contributed by atoms with Crippen LogP contribution in [-0.4, -0.2) is 33.0 Å². The van der Waals surface area contributed by atoms with Gasteiger partial charge in [-0.05, 0) is 38.8 Å². The van der Waals surface area contributed by atoms with Gasteiger partial charge in [0, 0.05) is 12.3 Å². The highest BCUT2D eigenvalue weighted by Crippen LogP contribution is 2.11. The number of hydrogen-bond acceptors (Lipinski definition) is 3. The monoisotopic (exact) mass is 283 g/mol. The van der Waals surface area contributed by atoms with E-state index >= 15 is 0 Å². The molecule has 19 heavy (non-hydrogen) atoms. The molecule has 1 aromatic rings. The Morgan fingerprint density at radius 3 is 2.21 bits per heavy atom. The number of hydrogen-bond donors (Lipinski definition) is 1. The van der Waals surface area contributed by atoms with E-state index in [1.54, 1.807) is 0 Å². The minimum Gasteiger partial charge on any atom is -0.313 e. The van der Waals surface area contributed by atoms with Gasteiger partial charge in [-0.25, -0.2) is 8.42 Å². The van der Waals surface area contributed by atoms with E-state index < -0.39 is 9.84 Å². The van der Waals surface area contributed by atoms with Gasteiger partial charge in [0.1, 0.15) is 9.84 Å². The van der Waals surface area contributed by atoms with Gasteiger partial charge in [-0.1, -0.05) is 36.2 Å². The highest BCUT2D eigenvalue weighted by Gasteiger charge is 2.15. The van der Waals surface area contributed by atoms with Crippen LogP contribution in [-0.2, 0) is 16.3 Å². The van der Waals surface area contributed by atoms with Crippen LogP contribution in [0.4, 0.5) is 0 Å². The van der Waals surface area contributed by atoms with Crippen LogP contribution in [0.1, 0.15) is 30.0 Å². The molecule has 1 N–H and O–H groups in total. The summed E-state index contributed by atoms with van der Waals surface area (Å²) in [5.41, 5.74) is 3.65. The lowest BCUT2D eigenvalue weighted by Gasteiger charge is -2.18. The fourth-order valence-corrected chi connectivity index (χ4v) is 3.34. The summed E-state index contributed by atoms with van der Waals surface area (Å²) < 4.78 is 23.0. The largest absolute Gasteiger partial charge is 0.313 e. The third-order valence-electron chi connectivity index (χ3n) is 2.95. The van der Waals surface area contributed by atoms with Gasteiger partial charge in [-0.15, -0.1) is 0 Å². The third kappa shape index (κ3) is 6.73. The van der Waals surface area contributed by atoms with Gasteiger partial charge in [-0.2, -0.15) is 0 Å². The van der Waals surface area contributed by atoms with E-state index in [1.807, 2.05) is 0 Å². The summed E-state index contributed by atoms with van der Waals surface area (Å²) in [6.45, 7) is 7.08. The standard InChI is InChI=1S/C15H25NO2S/c1-5-6-16-15(11-19(4,17)18)10-14-8-12(2)7-13(3)9-14/h7-9,15-16H,5-6,10-11H2,1-4H3. The molecule has 0 amide bonds. The number of nitrogens with one attached hydrogen (secondary N) is 1. The van der Waals surface area contributed by atoms with Crippen LogP contribution in [0.15, 0.2) is 18.2 Å². The van der Waals surface area contributed by atoms with Gasteiger partial charge in [0.2, 0.25) is 0 Å². The van der Waals surface area contributed by atoms with E-state index in [4.69, 9.17) is 0 Å². The molecule has 1 unspecified atom stereocenters. The van der Waals surface area contributed by atoms with Crippen LogP contribution in [0.25, 0.3) is 0 Å². The van der Waals surface area contributed by atoms with E-state index in [-0.39, 0.29) is 11.8 Å². The van der Waals surface area contributed by atoms with E-state index in [0.29, 0.717) is 0 Å². The average molecular weight is 283 g/mol. The van der Waals surface area contributed by atoms with E-state index in [9.17, 15) is 8.42 Å². The van der Waals surface area contributed by atoms with Gasteiger partial charge in [-0.3, -0.25) is 0 Å². The second-order valence-corrected chi connectivity index (χ2v) is 7.63. The van der Waals surface area contributed by atoms with Crippen molar-refractivity contribution in [3.05, 3.63) is 34.9 Å². The smallest absolute Gasteiger partial charge is 0.148 e. The molecule has 0 aromatic heterocycles. The molecule has 0 spiro atoms. The van der Waals surface area contributed by atoms with E-state index in [1.165, 1.54) is 22.9 Å². The maximum atomic E-state index is 11.5. The lowest BCUT2D eigenvalue weighted by molar-refractivity contribution is 0.530. The zero-order valence-electron chi connectivity index (χ0n) is 12.4. The van der Waals surface area contributed by atoms with Crippen LogP contribution in [0.5, 0.6) is 0 Å². The second kappa shape index (κ2) is 7.06. The van der Waals surface area contributed by atoms with Gasteiger partial charge in [0.15, 0.2) is 0 Å². The Labute approximate surface area is 117 Å². The van der Waals surface area contributed by atoms with Gasteiger partial charge in [0.25, 0.3) is 0 Å². The highest BCUT2D eigenvalue weighted by atomic mass is 32.2.